The maximum atomic E-state index is 12.8. The van der Waals surface area contributed by atoms with Gasteiger partial charge in [0.15, 0.2) is 0 Å². The van der Waals surface area contributed by atoms with Crippen LogP contribution in [0.5, 0.6) is 0 Å². The van der Waals surface area contributed by atoms with Crippen LogP contribution in [-0.4, -0.2) is 58.7 Å². The molecule has 1 aromatic heterocycles. The molecule has 0 atom stereocenters. The van der Waals surface area contributed by atoms with E-state index in [1.165, 1.54) is 5.56 Å². The van der Waals surface area contributed by atoms with Crippen LogP contribution in [0.3, 0.4) is 0 Å². The lowest BCUT2D eigenvalue weighted by Crippen LogP contribution is -2.47. The summed E-state index contributed by atoms with van der Waals surface area (Å²) in [5.74, 6) is -0.0132. The van der Waals surface area contributed by atoms with Crippen molar-refractivity contribution in [2.45, 2.75) is 20.4 Å². The zero-order valence-corrected chi connectivity index (χ0v) is 15.2. The Kier molecular flexibility index (Phi) is 4.92. The molecule has 128 valence electrons. The van der Waals surface area contributed by atoms with Gasteiger partial charge < -0.3 is 9.80 Å². The van der Waals surface area contributed by atoms with Crippen LogP contribution < -0.4 is 0 Å². The number of carbonyl (C=O) groups excluding carboxylic acids is 1. The largest absolute Gasteiger partial charge is 0.336 e. The van der Waals surface area contributed by atoms with Crippen LogP contribution in [0.2, 0.25) is 5.15 Å². The second-order valence-corrected chi connectivity index (χ2v) is 6.85. The fourth-order valence-corrected chi connectivity index (χ4v) is 3.25. The Morgan fingerprint density at radius 1 is 1.12 bits per heavy atom. The number of hydrogen-bond acceptors (Lipinski definition) is 3. The Balaban J connectivity index is 1.81. The predicted molar refractivity (Wildman–Crippen MR) is 95.7 cm³/mol. The van der Waals surface area contributed by atoms with Gasteiger partial charge in [-0.25, -0.2) is 4.68 Å². The van der Waals surface area contributed by atoms with Crippen LogP contribution in [0.1, 0.15) is 27.2 Å². The summed E-state index contributed by atoms with van der Waals surface area (Å²) in [5.41, 5.74) is 3.56. The third-order valence-electron chi connectivity index (χ3n) is 4.52. The third-order valence-corrected chi connectivity index (χ3v) is 4.91. The second-order valence-electron chi connectivity index (χ2n) is 6.49. The smallest absolute Gasteiger partial charge is 0.258 e. The highest BCUT2D eigenvalue weighted by Gasteiger charge is 2.27. The van der Waals surface area contributed by atoms with Gasteiger partial charge in [-0.3, -0.25) is 4.79 Å². The number of benzene rings is 1. The number of halogens is 1. The van der Waals surface area contributed by atoms with Gasteiger partial charge in [-0.2, -0.15) is 5.10 Å². The molecule has 0 radical (unpaired) electrons. The molecule has 1 saturated heterocycles. The molecule has 5 nitrogen and oxygen atoms in total. The van der Waals surface area contributed by atoms with E-state index in [4.69, 9.17) is 11.6 Å². The molecule has 1 amide bonds. The topological polar surface area (TPSA) is 41.4 Å². The molecule has 1 aromatic carbocycles. The molecule has 2 heterocycles. The molecule has 24 heavy (non-hydrogen) atoms. The van der Waals surface area contributed by atoms with E-state index in [1.807, 2.05) is 11.8 Å². The van der Waals surface area contributed by atoms with Crippen LogP contribution in [0.4, 0.5) is 0 Å². The Hall–Kier alpha value is -1.85. The lowest BCUT2D eigenvalue weighted by atomic mass is 10.1. The summed E-state index contributed by atoms with van der Waals surface area (Å²) in [5, 5.41) is 4.91. The second kappa shape index (κ2) is 6.95. The Labute approximate surface area is 147 Å². The number of hydrogen-bond donors (Lipinski definition) is 0. The van der Waals surface area contributed by atoms with Crippen molar-refractivity contribution in [2.75, 3.05) is 33.2 Å². The molecule has 2 aromatic rings. The van der Waals surface area contributed by atoms with E-state index < -0.39 is 0 Å². The molecule has 1 fully saturated rings. The van der Waals surface area contributed by atoms with Crippen molar-refractivity contribution >= 4 is 17.5 Å². The van der Waals surface area contributed by atoms with Gasteiger partial charge in [0, 0.05) is 26.2 Å². The third kappa shape index (κ3) is 3.47. The van der Waals surface area contributed by atoms with Crippen LogP contribution >= 0.6 is 11.6 Å². The minimum absolute atomic E-state index is 0.0132. The lowest BCUT2D eigenvalue weighted by molar-refractivity contribution is 0.0663. The molecule has 6 heteroatoms. The van der Waals surface area contributed by atoms with Gasteiger partial charge in [0.05, 0.1) is 17.8 Å². The predicted octanol–water partition coefficient (Wildman–Crippen LogP) is 2.59. The number of aromatic nitrogens is 2. The first kappa shape index (κ1) is 17.0. The van der Waals surface area contributed by atoms with Gasteiger partial charge in [-0.05, 0) is 26.5 Å². The molecule has 0 saturated carbocycles. The number of likely N-dealkylation sites (N-methyl/N-ethyl adjacent to an activating group) is 1. The van der Waals surface area contributed by atoms with E-state index in [0.29, 0.717) is 23.0 Å². The average Bonchev–Trinajstić information content (AvgIpc) is 2.83. The first-order chi connectivity index (χ1) is 11.5. The molecule has 0 unspecified atom stereocenters. The summed E-state index contributed by atoms with van der Waals surface area (Å²) < 4.78 is 1.71. The SMILES string of the molecule is Cc1ccc(Cn2nc(C)c(C(=O)N3CCN(C)CC3)c2Cl)cc1. The summed E-state index contributed by atoms with van der Waals surface area (Å²) in [7, 11) is 2.07. The van der Waals surface area contributed by atoms with E-state index in [9.17, 15) is 4.79 Å². The van der Waals surface area contributed by atoms with Gasteiger partial charge in [-0.15, -0.1) is 0 Å². The minimum Gasteiger partial charge on any atom is -0.336 e. The van der Waals surface area contributed by atoms with Gasteiger partial charge in [0.2, 0.25) is 0 Å². The van der Waals surface area contributed by atoms with Crippen molar-refractivity contribution in [1.29, 1.82) is 0 Å². The Morgan fingerprint density at radius 2 is 1.75 bits per heavy atom. The van der Waals surface area contributed by atoms with E-state index in [-0.39, 0.29) is 5.91 Å². The van der Waals surface area contributed by atoms with E-state index in [0.717, 1.165) is 31.7 Å². The van der Waals surface area contributed by atoms with Crippen LogP contribution in [-0.2, 0) is 6.54 Å². The van der Waals surface area contributed by atoms with Gasteiger partial charge >= 0.3 is 0 Å². The van der Waals surface area contributed by atoms with Crippen LogP contribution in [0.15, 0.2) is 24.3 Å². The molecule has 3 rings (SSSR count). The highest BCUT2D eigenvalue weighted by atomic mass is 35.5. The first-order valence-corrected chi connectivity index (χ1v) is 8.60. The number of piperazine rings is 1. The summed E-state index contributed by atoms with van der Waals surface area (Å²) >= 11 is 6.50. The molecule has 1 aliphatic heterocycles. The molecular weight excluding hydrogens is 324 g/mol. The number of amides is 1. The van der Waals surface area contributed by atoms with Crippen molar-refractivity contribution in [3.05, 3.63) is 51.8 Å². The van der Waals surface area contributed by atoms with E-state index in [1.54, 1.807) is 4.68 Å². The highest BCUT2D eigenvalue weighted by molar-refractivity contribution is 6.33. The summed E-state index contributed by atoms with van der Waals surface area (Å²) in [4.78, 5) is 16.9. The molecule has 1 aliphatic rings. The zero-order valence-electron chi connectivity index (χ0n) is 14.4. The number of rotatable bonds is 3. The maximum absolute atomic E-state index is 12.8. The van der Waals surface area contributed by atoms with Gasteiger partial charge in [-0.1, -0.05) is 41.4 Å². The van der Waals surface area contributed by atoms with Gasteiger partial charge in [0.1, 0.15) is 5.15 Å². The number of aryl methyl sites for hydroxylation is 2. The van der Waals surface area contributed by atoms with Crippen molar-refractivity contribution in [1.82, 2.24) is 19.6 Å². The van der Waals surface area contributed by atoms with E-state index >= 15 is 0 Å². The van der Waals surface area contributed by atoms with E-state index in [2.05, 4.69) is 48.2 Å². The first-order valence-electron chi connectivity index (χ1n) is 8.22. The fourth-order valence-electron chi connectivity index (χ4n) is 2.94. The van der Waals surface area contributed by atoms with Crippen LogP contribution in [0, 0.1) is 13.8 Å². The molecule has 0 aliphatic carbocycles. The summed E-state index contributed by atoms with van der Waals surface area (Å²) in [6.07, 6.45) is 0. The Morgan fingerprint density at radius 3 is 2.38 bits per heavy atom. The molecule has 0 bridgehead atoms. The monoisotopic (exact) mass is 346 g/mol. The molecular formula is C18H23ClN4O. The Bertz CT molecular complexity index is 730. The average molecular weight is 347 g/mol. The summed E-state index contributed by atoms with van der Waals surface area (Å²) in [6.45, 7) is 7.71. The maximum Gasteiger partial charge on any atom is 0.258 e. The lowest BCUT2D eigenvalue weighted by Gasteiger charge is -2.32. The molecule has 0 N–H and O–H groups in total. The highest BCUT2D eigenvalue weighted by Crippen LogP contribution is 2.23. The standard InChI is InChI=1S/C18H23ClN4O/c1-13-4-6-15(7-5-13)12-23-17(19)16(14(2)20-23)18(24)22-10-8-21(3)9-11-22/h4-7H,8-12H2,1-3H3. The fraction of sp³-hybridized carbons (Fsp3) is 0.444. The van der Waals surface area contributed by atoms with Crippen molar-refractivity contribution in [3.63, 3.8) is 0 Å². The van der Waals surface area contributed by atoms with Gasteiger partial charge in [0.25, 0.3) is 5.91 Å². The number of carbonyl (C=O) groups is 1. The van der Waals surface area contributed by atoms with Crippen molar-refractivity contribution in [2.24, 2.45) is 0 Å². The zero-order chi connectivity index (χ0) is 17.3. The summed E-state index contributed by atoms with van der Waals surface area (Å²) in [6, 6.07) is 8.25. The van der Waals surface area contributed by atoms with Crippen molar-refractivity contribution < 1.29 is 4.79 Å². The quantitative estimate of drug-likeness (QED) is 0.857. The normalized spacial score (nSPS) is 15.8. The van der Waals surface area contributed by atoms with Crippen LogP contribution in [0.25, 0.3) is 0 Å². The number of nitrogens with zero attached hydrogens (tertiary/aromatic N) is 4. The molecule has 0 spiro atoms. The minimum atomic E-state index is -0.0132. The van der Waals surface area contributed by atoms with Crippen molar-refractivity contribution in [3.8, 4) is 0 Å².